The third kappa shape index (κ3) is 4.49. The standard InChI is InChI=1S/C13H18N2O2S/c1-13(2,17-3)9-15-12(16)11-7-6-10(18-11)5-4-8-14/h6-7H,8-9,14H2,1-3H3,(H,15,16). The number of hydrogen-bond donors (Lipinski definition) is 2. The molecule has 1 amide bonds. The third-order valence-corrected chi connectivity index (χ3v) is 3.37. The van der Waals surface area contributed by atoms with E-state index in [1.807, 2.05) is 19.9 Å². The molecule has 3 N–H and O–H groups in total. The second-order valence-corrected chi connectivity index (χ2v) is 5.40. The predicted octanol–water partition coefficient (Wildman–Crippen LogP) is 1.21. The topological polar surface area (TPSA) is 64.3 Å². The molecule has 0 aromatic carbocycles. The average Bonchev–Trinajstić information content (AvgIpc) is 2.82. The average molecular weight is 266 g/mol. The summed E-state index contributed by atoms with van der Waals surface area (Å²) in [5, 5.41) is 2.83. The molecule has 1 aromatic rings. The van der Waals surface area contributed by atoms with Gasteiger partial charge in [0.05, 0.1) is 21.9 Å². The van der Waals surface area contributed by atoms with Crippen molar-refractivity contribution in [1.82, 2.24) is 5.32 Å². The van der Waals surface area contributed by atoms with E-state index >= 15 is 0 Å². The van der Waals surface area contributed by atoms with E-state index < -0.39 is 0 Å². The largest absolute Gasteiger partial charge is 0.377 e. The molecule has 0 bridgehead atoms. The van der Waals surface area contributed by atoms with Crippen molar-refractivity contribution in [2.75, 3.05) is 20.2 Å². The molecule has 1 rings (SSSR count). The van der Waals surface area contributed by atoms with Crippen LogP contribution in [0.2, 0.25) is 0 Å². The Kier molecular flexibility index (Phi) is 5.35. The first-order valence-corrected chi connectivity index (χ1v) is 6.42. The molecular weight excluding hydrogens is 248 g/mol. The van der Waals surface area contributed by atoms with E-state index in [0.717, 1.165) is 4.88 Å². The lowest BCUT2D eigenvalue weighted by atomic mass is 10.1. The van der Waals surface area contributed by atoms with Gasteiger partial charge in [-0.3, -0.25) is 4.79 Å². The zero-order valence-corrected chi connectivity index (χ0v) is 11.7. The predicted molar refractivity (Wildman–Crippen MR) is 73.7 cm³/mol. The van der Waals surface area contributed by atoms with Gasteiger partial charge in [0, 0.05) is 13.7 Å². The maximum Gasteiger partial charge on any atom is 0.261 e. The van der Waals surface area contributed by atoms with Gasteiger partial charge >= 0.3 is 0 Å². The van der Waals surface area contributed by atoms with E-state index in [2.05, 4.69) is 17.2 Å². The zero-order chi connectivity index (χ0) is 13.6. The fourth-order valence-electron chi connectivity index (χ4n) is 1.12. The van der Waals surface area contributed by atoms with E-state index in [0.29, 0.717) is 18.0 Å². The number of thiophene rings is 1. The molecule has 0 spiro atoms. The number of carbonyl (C=O) groups is 1. The van der Waals surface area contributed by atoms with Gasteiger partial charge in [-0.2, -0.15) is 0 Å². The van der Waals surface area contributed by atoms with Crippen LogP contribution in [0.3, 0.4) is 0 Å². The Balaban J connectivity index is 2.60. The summed E-state index contributed by atoms with van der Waals surface area (Å²) in [5.74, 6) is 5.55. The summed E-state index contributed by atoms with van der Waals surface area (Å²) in [6.45, 7) is 4.62. The van der Waals surface area contributed by atoms with E-state index in [-0.39, 0.29) is 11.5 Å². The Morgan fingerprint density at radius 1 is 1.56 bits per heavy atom. The molecule has 0 radical (unpaired) electrons. The summed E-state index contributed by atoms with van der Waals surface area (Å²) in [7, 11) is 1.62. The van der Waals surface area contributed by atoms with Crippen molar-refractivity contribution in [2.45, 2.75) is 19.4 Å². The highest BCUT2D eigenvalue weighted by Gasteiger charge is 2.18. The first-order chi connectivity index (χ1) is 8.48. The lowest BCUT2D eigenvalue weighted by Crippen LogP contribution is -2.39. The number of methoxy groups -OCH3 is 1. The van der Waals surface area contributed by atoms with Crippen molar-refractivity contribution >= 4 is 17.2 Å². The van der Waals surface area contributed by atoms with Gasteiger partial charge in [-0.25, -0.2) is 0 Å². The lowest BCUT2D eigenvalue weighted by molar-refractivity contribution is 0.0229. The molecule has 0 fully saturated rings. The van der Waals surface area contributed by atoms with Crippen LogP contribution >= 0.6 is 11.3 Å². The van der Waals surface area contributed by atoms with Crippen LogP contribution in [0.15, 0.2) is 12.1 Å². The molecule has 0 saturated heterocycles. The molecular formula is C13H18N2O2S. The lowest BCUT2D eigenvalue weighted by Gasteiger charge is -2.22. The summed E-state index contributed by atoms with van der Waals surface area (Å²) in [6, 6.07) is 3.59. The van der Waals surface area contributed by atoms with Gasteiger partial charge in [-0.1, -0.05) is 11.8 Å². The minimum atomic E-state index is -0.366. The molecule has 0 atom stereocenters. The number of rotatable bonds is 4. The van der Waals surface area contributed by atoms with Crippen molar-refractivity contribution in [2.24, 2.45) is 5.73 Å². The fourth-order valence-corrected chi connectivity index (χ4v) is 1.91. The molecule has 4 nitrogen and oxygen atoms in total. The molecule has 0 aliphatic carbocycles. The maximum absolute atomic E-state index is 11.9. The summed E-state index contributed by atoms with van der Waals surface area (Å²) < 4.78 is 5.23. The highest BCUT2D eigenvalue weighted by molar-refractivity contribution is 7.14. The van der Waals surface area contributed by atoms with Crippen LogP contribution in [0.5, 0.6) is 0 Å². The molecule has 1 aromatic heterocycles. The fraction of sp³-hybridized carbons (Fsp3) is 0.462. The molecule has 18 heavy (non-hydrogen) atoms. The van der Waals surface area contributed by atoms with Crippen LogP contribution in [0.1, 0.15) is 28.4 Å². The molecule has 0 unspecified atom stereocenters. The minimum Gasteiger partial charge on any atom is -0.377 e. The summed E-state index contributed by atoms with van der Waals surface area (Å²) >= 11 is 1.36. The van der Waals surface area contributed by atoms with Crippen molar-refractivity contribution in [3.8, 4) is 11.8 Å². The van der Waals surface area contributed by atoms with E-state index in [1.165, 1.54) is 11.3 Å². The monoisotopic (exact) mass is 266 g/mol. The molecule has 0 saturated carbocycles. The number of nitrogens with two attached hydrogens (primary N) is 1. The van der Waals surface area contributed by atoms with E-state index in [1.54, 1.807) is 13.2 Å². The highest BCUT2D eigenvalue weighted by Crippen LogP contribution is 2.15. The van der Waals surface area contributed by atoms with Crippen LogP contribution in [-0.4, -0.2) is 31.7 Å². The second kappa shape index (κ2) is 6.55. The Labute approximate surface area is 112 Å². The van der Waals surface area contributed by atoms with Gasteiger partial charge in [0.2, 0.25) is 0 Å². The smallest absolute Gasteiger partial charge is 0.261 e. The Bertz CT molecular complexity index is 469. The Morgan fingerprint density at radius 3 is 2.89 bits per heavy atom. The van der Waals surface area contributed by atoms with Gasteiger partial charge in [-0.15, -0.1) is 11.3 Å². The second-order valence-electron chi connectivity index (χ2n) is 4.32. The number of amides is 1. The van der Waals surface area contributed by atoms with Crippen LogP contribution < -0.4 is 11.1 Å². The SMILES string of the molecule is COC(C)(C)CNC(=O)c1ccc(C#CCN)s1. The van der Waals surface area contributed by atoms with E-state index in [9.17, 15) is 4.79 Å². The molecule has 0 aliphatic rings. The molecule has 98 valence electrons. The van der Waals surface area contributed by atoms with Crippen LogP contribution in [0.4, 0.5) is 0 Å². The molecule has 1 heterocycles. The quantitative estimate of drug-likeness (QED) is 0.805. The minimum absolute atomic E-state index is 0.106. The first kappa shape index (κ1) is 14.7. The normalized spacial score (nSPS) is 10.7. The highest BCUT2D eigenvalue weighted by atomic mass is 32.1. The van der Waals surface area contributed by atoms with Gasteiger partial charge in [0.25, 0.3) is 5.91 Å². The van der Waals surface area contributed by atoms with Gasteiger partial charge in [-0.05, 0) is 26.0 Å². The van der Waals surface area contributed by atoms with Gasteiger partial charge in [0.1, 0.15) is 0 Å². The summed E-state index contributed by atoms with van der Waals surface area (Å²) in [4.78, 5) is 13.4. The van der Waals surface area contributed by atoms with Crippen molar-refractivity contribution in [3.63, 3.8) is 0 Å². The van der Waals surface area contributed by atoms with E-state index in [4.69, 9.17) is 10.5 Å². The number of carbonyl (C=O) groups excluding carboxylic acids is 1. The zero-order valence-electron chi connectivity index (χ0n) is 10.9. The van der Waals surface area contributed by atoms with Crippen LogP contribution in [0.25, 0.3) is 0 Å². The van der Waals surface area contributed by atoms with Crippen molar-refractivity contribution < 1.29 is 9.53 Å². The number of ether oxygens (including phenoxy) is 1. The van der Waals surface area contributed by atoms with Crippen LogP contribution in [0, 0.1) is 11.8 Å². The first-order valence-electron chi connectivity index (χ1n) is 5.60. The molecule has 0 aliphatic heterocycles. The maximum atomic E-state index is 11.9. The van der Waals surface area contributed by atoms with Crippen molar-refractivity contribution in [1.29, 1.82) is 0 Å². The Morgan fingerprint density at radius 2 is 2.28 bits per heavy atom. The summed E-state index contributed by atoms with van der Waals surface area (Å²) in [6.07, 6.45) is 0. The van der Waals surface area contributed by atoms with Gasteiger partial charge in [0.15, 0.2) is 0 Å². The molecule has 5 heteroatoms. The van der Waals surface area contributed by atoms with Gasteiger partial charge < -0.3 is 15.8 Å². The number of hydrogen-bond acceptors (Lipinski definition) is 4. The van der Waals surface area contributed by atoms with Crippen molar-refractivity contribution in [3.05, 3.63) is 21.9 Å². The summed E-state index contributed by atoms with van der Waals surface area (Å²) in [5.41, 5.74) is 4.93. The van der Waals surface area contributed by atoms with Crippen LogP contribution in [-0.2, 0) is 4.74 Å². The third-order valence-electron chi connectivity index (χ3n) is 2.37. The number of nitrogens with one attached hydrogen (secondary N) is 1. The Hall–Kier alpha value is -1.35.